The van der Waals surface area contributed by atoms with Crippen LogP contribution in [0, 0.1) is 0 Å². The summed E-state index contributed by atoms with van der Waals surface area (Å²) in [7, 11) is 1.88. The first-order valence-corrected chi connectivity index (χ1v) is 4.27. The molecule has 0 aliphatic rings. The van der Waals surface area contributed by atoms with Crippen LogP contribution in [0.3, 0.4) is 0 Å². The maximum atomic E-state index is 11.1. The van der Waals surface area contributed by atoms with Crippen molar-refractivity contribution in [3.63, 3.8) is 0 Å². The normalized spacial score (nSPS) is 12.2. The second-order valence-corrected chi connectivity index (χ2v) is 2.80. The average molecular weight is 170 g/mol. The zero-order valence-corrected chi connectivity index (χ0v) is 7.89. The highest BCUT2D eigenvalue weighted by molar-refractivity contribution is 5.76. The monoisotopic (exact) mass is 170 g/mol. The van der Waals surface area contributed by atoms with E-state index in [-0.39, 0.29) is 11.9 Å². The van der Waals surface area contributed by atoms with E-state index >= 15 is 0 Å². The third kappa shape index (κ3) is 5.92. The van der Waals surface area contributed by atoms with Gasteiger partial charge >= 0.3 is 0 Å². The summed E-state index contributed by atoms with van der Waals surface area (Å²) in [6, 6.07) is 0.0760. The molecule has 1 unspecified atom stereocenters. The standard InChI is InChI=1S/C9H18N2O/c1-4-8(2)11-9(12)6-5-7-10-3/h4,8,10H,1,5-7H2,2-3H3,(H,11,12). The van der Waals surface area contributed by atoms with Gasteiger partial charge in [0, 0.05) is 12.5 Å². The van der Waals surface area contributed by atoms with E-state index in [2.05, 4.69) is 17.2 Å². The van der Waals surface area contributed by atoms with Crippen molar-refractivity contribution in [2.45, 2.75) is 25.8 Å². The fourth-order valence-corrected chi connectivity index (χ4v) is 0.811. The summed E-state index contributed by atoms with van der Waals surface area (Å²) in [4.78, 5) is 11.1. The lowest BCUT2D eigenvalue weighted by molar-refractivity contribution is -0.121. The quantitative estimate of drug-likeness (QED) is 0.454. The molecule has 3 nitrogen and oxygen atoms in total. The zero-order valence-electron chi connectivity index (χ0n) is 7.89. The molecule has 2 N–H and O–H groups in total. The van der Waals surface area contributed by atoms with Gasteiger partial charge in [-0.2, -0.15) is 0 Å². The van der Waals surface area contributed by atoms with Crippen molar-refractivity contribution in [1.82, 2.24) is 10.6 Å². The molecule has 70 valence electrons. The topological polar surface area (TPSA) is 41.1 Å². The number of rotatable bonds is 6. The van der Waals surface area contributed by atoms with Crippen molar-refractivity contribution < 1.29 is 4.79 Å². The van der Waals surface area contributed by atoms with Crippen LogP contribution in [0.2, 0.25) is 0 Å². The van der Waals surface area contributed by atoms with Crippen molar-refractivity contribution in [3.05, 3.63) is 12.7 Å². The van der Waals surface area contributed by atoms with Gasteiger partial charge in [0.15, 0.2) is 0 Å². The van der Waals surface area contributed by atoms with Crippen molar-refractivity contribution in [2.24, 2.45) is 0 Å². The van der Waals surface area contributed by atoms with Crippen LogP contribution in [0.15, 0.2) is 12.7 Å². The van der Waals surface area contributed by atoms with Crippen molar-refractivity contribution in [2.75, 3.05) is 13.6 Å². The van der Waals surface area contributed by atoms with Crippen LogP contribution >= 0.6 is 0 Å². The summed E-state index contributed by atoms with van der Waals surface area (Å²) < 4.78 is 0. The van der Waals surface area contributed by atoms with Crippen LogP contribution in [0.4, 0.5) is 0 Å². The van der Waals surface area contributed by atoms with Gasteiger partial charge in [-0.05, 0) is 26.9 Å². The van der Waals surface area contributed by atoms with Gasteiger partial charge in [-0.1, -0.05) is 6.08 Å². The Labute approximate surface area is 74.2 Å². The van der Waals surface area contributed by atoms with Crippen molar-refractivity contribution in [1.29, 1.82) is 0 Å². The summed E-state index contributed by atoms with van der Waals surface area (Å²) in [6.45, 7) is 6.37. The smallest absolute Gasteiger partial charge is 0.220 e. The minimum absolute atomic E-state index is 0.0760. The molecule has 12 heavy (non-hydrogen) atoms. The van der Waals surface area contributed by atoms with E-state index in [1.54, 1.807) is 6.08 Å². The average Bonchev–Trinajstić information content (AvgIpc) is 2.05. The van der Waals surface area contributed by atoms with Crippen LogP contribution in [-0.4, -0.2) is 25.5 Å². The van der Waals surface area contributed by atoms with Crippen molar-refractivity contribution in [3.8, 4) is 0 Å². The van der Waals surface area contributed by atoms with E-state index in [1.165, 1.54) is 0 Å². The minimum atomic E-state index is 0.0760. The molecule has 0 radical (unpaired) electrons. The highest BCUT2D eigenvalue weighted by atomic mass is 16.1. The molecule has 1 amide bonds. The van der Waals surface area contributed by atoms with Gasteiger partial charge in [-0.15, -0.1) is 6.58 Å². The lowest BCUT2D eigenvalue weighted by Gasteiger charge is -2.08. The van der Waals surface area contributed by atoms with E-state index in [1.807, 2.05) is 14.0 Å². The highest BCUT2D eigenvalue weighted by Crippen LogP contribution is 1.89. The van der Waals surface area contributed by atoms with Crippen LogP contribution in [0.5, 0.6) is 0 Å². The molecule has 0 aliphatic heterocycles. The lowest BCUT2D eigenvalue weighted by Crippen LogP contribution is -2.31. The molecule has 3 heteroatoms. The van der Waals surface area contributed by atoms with E-state index in [0.29, 0.717) is 6.42 Å². The SMILES string of the molecule is C=CC(C)NC(=O)CCCNC. The first-order valence-electron chi connectivity index (χ1n) is 4.27. The Hall–Kier alpha value is -0.830. The Morgan fingerprint density at radius 2 is 2.33 bits per heavy atom. The van der Waals surface area contributed by atoms with Gasteiger partial charge in [-0.3, -0.25) is 4.79 Å². The number of hydrogen-bond donors (Lipinski definition) is 2. The summed E-state index contributed by atoms with van der Waals surface area (Å²) in [5.41, 5.74) is 0. The fourth-order valence-electron chi connectivity index (χ4n) is 0.811. The summed E-state index contributed by atoms with van der Waals surface area (Å²) in [5, 5.41) is 5.79. The molecule has 1 atom stereocenters. The molecular formula is C9H18N2O. The summed E-state index contributed by atoms with van der Waals surface area (Å²) in [6.07, 6.45) is 3.18. The maximum Gasteiger partial charge on any atom is 0.220 e. The third-order valence-corrected chi connectivity index (χ3v) is 1.57. The Morgan fingerprint density at radius 3 is 2.83 bits per heavy atom. The maximum absolute atomic E-state index is 11.1. The van der Waals surface area contributed by atoms with Gasteiger partial charge in [0.1, 0.15) is 0 Å². The van der Waals surface area contributed by atoms with Gasteiger partial charge in [0.2, 0.25) is 5.91 Å². The van der Waals surface area contributed by atoms with E-state index in [4.69, 9.17) is 0 Å². The van der Waals surface area contributed by atoms with Gasteiger partial charge in [0.05, 0.1) is 0 Å². The largest absolute Gasteiger partial charge is 0.350 e. The molecule has 0 heterocycles. The molecule has 0 spiro atoms. The molecule has 0 aromatic carbocycles. The molecule has 0 aromatic rings. The Balaban J connectivity index is 3.39. The minimum Gasteiger partial charge on any atom is -0.350 e. The molecule has 0 saturated heterocycles. The molecule has 0 aliphatic carbocycles. The lowest BCUT2D eigenvalue weighted by atomic mass is 10.2. The first-order chi connectivity index (χ1) is 5.70. The van der Waals surface area contributed by atoms with Crippen LogP contribution < -0.4 is 10.6 Å². The van der Waals surface area contributed by atoms with Gasteiger partial charge < -0.3 is 10.6 Å². The van der Waals surface area contributed by atoms with Gasteiger partial charge in [-0.25, -0.2) is 0 Å². The number of carbonyl (C=O) groups is 1. The van der Waals surface area contributed by atoms with Gasteiger partial charge in [0.25, 0.3) is 0 Å². The number of amides is 1. The van der Waals surface area contributed by atoms with E-state index in [0.717, 1.165) is 13.0 Å². The molecule has 0 bridgehead atoms. The summed E-state index contributed by atoms with van der Waals surface area (Å²) in [5.74, 6) is 0.0950. The first kappa shape index (κ1) is 11.2. The molecule has 0 rings (SSSR count). The van der Waals surface area contributed by atoms with Crippen LogP contribution in [-0.2, 0) is 4.79 Å². The summed E-state index contributed by atoms with van der Waals surface area (Å²) >= 11 is 0. The predicted molar refractivity (Wildman–Crippen MR) is 51.0 cm³/mol. The van der Waals surface area contributed by atoms with Crippen molar-refractivity contribution >= 4 is 5.91 Å². The molecule has 0 saturated carbocycles. The Bertz CT molecular complexity index is 145. The Kier molecular flexibility index (Phi) is 6.38. The highest BCUT2D eigenvalue weighted by Gasteiger charge is 2.02. The third-order valence-electron chi connectivity index (χ3n) is 1.57. The van der Waals surface area contributed by atoms with Crippen LogP contribution in [0.25, 0.3) is 0 Å². The second-order valence-electron chi connectivity index (χ2n) is 2.80. The second kappa shape index (κ2) is 6.85. The number of nitrogens with one attached hydrogen (secondary N) is 2. The Morgan fingerprint density at radius 1 is 1.67 bits per heavy atom. The van der Waals surface area contributed by atoms with Crippen LogP contribution in [0.1, 0.15) is 19.8 Å². The molecule has 0 fully saturated rings. The molecular weight excluding hydrogens is 152 g/mol. The number of hydrogen-bond acceptors (Lipinski definition) is 2. The zero-order chi connectivity index (χ0) is 9.40. The fraction of sp³-hybridized carbons (Fsp3) is 0.667. The van der Waals surface area contributed by atoms with E-state index < -0.39 is 0 Å². The predicted octanol–water partition coefficient (Wildman–Crippen LogP) is 0.677. The van der Waals surface area contributed by atoms with E-state index in [9.17, 15) is 4.79 Å². The number of carbonyl (C=O) groups excluding carboxylic acids is 1. The molecule has 0 aromatic heterocycles.